The van der Waals surface area contributed by atoms with Gasteiger partial charge in [-0.2, -0.15) is 0 Å². The smallest absolute Gasteiger partial charge is 0.476 e. The topological polar surface area (TPSA) is 95.6 Å². The summed E-state index contributed by atoms with van der Waals surface area (Å²) in [5.41, 5.74) is 3.42. The summed E-state index contributed by atoms with van der Waals surface area (Å²) < 4.78 is 1.91. The third kappa shape index (κ3) is 2.68. The fourth-order valence-electron chi connectivity index (χ4n) is 2.97. The van der Waals surface area contributed by atoms with E-state index >= 15 is 0 Å². The van der Waals surface area contributed by atoms with Crippen molar-refractivity contribution in [2.45, 2.75) is 20.4 Å². The van der Waals surface area contributed by atoms with Crippen LogP contribution in [0.5, 0.6) is 0 Å². The van der Waals surface area contributed by atoms with E-state index < -0.39 is 13.1 Å². The van der Waals surface area contributed by atoms with Gasteiger partial charge in [0.1, 0.15) is 0 Å². The molecule has 0 unspecified atom stereocenters. The molecule has 0 fully saturated rings. The van der Waals surface area contributed by atoms with Crippen molar-refractivity contribution in [1.29, 1.82) is 0 Å². The van der Waals surface area contributed by atoms with Crippen molar-refractivity contribution >= 4 is 29.5 Å². The van der Waals surface area contributed by atoms with Gasteiger partial charge in [-0.15, -0.1) is 0 Å². The van der Waals surface area contributed by atoms with E-state index in [-0.39, 0.29) is 5.69 Å². The van der Waals surface area contributed by atoms with Gasteiger partial charge in [-0.05, 0) is 37.0 Å². The van der Waals surface area contributed by atoms with Gasteiger partial charge in [0.2, 0.25) is 0 Å². The van der Waals surface area contributed by atoms with E-state index in [1.807, 2.05) is 23.6 Å². The standard InChI is InChI=1S/C17H17BN2O4/c1-3-20-14(11-4-6-13(7-5-11)18(23)24)9-12-8-10(2)19-15(16(12)20)17(21)22/h4-9,23-24H,3H2,1-2H3,(H,21,22). The van der Waals surface area contributed by atoms with Crippen LogP contribution in [0.15, 0.2) is 36.4 Å². The van der Waals surface area contributed by atoms with Crippen molar-refractivity contribution < 1.29 is 19.9 Å². The highest BCUT2D eigenvalue weighted by atomic mass is 16.4. The number of benzene rings is 1. The van der Waals surface area contributed by atoms with Crippen LogP contribution in [0.4, 0.5) is 0 Å². The molecule has 0 bridgehead atoms. The van der Waals surface area contributed by atoms with Gasteiger partial charge in [-0.3, -0.25) is 0 Å². The Bertz CT molecular complexity index is 916. The Morgan fingerprint density at radius 2 is 1.88 bits per heavy atom. The van der Waals surface area contributed by atoms with Crippen molar-refractivity contribution in [2.24, 2.45) is 0 Å². The Hall–Kier alpha value is -2.64. The predicted octanol–water partition coefficient (Wildman–Crippen LogP) is 1.41. The Kier molecular flexibility index (Phi) is 4.13. The van der Waals surface area contributed by atoms with Gasteiger partial charge < -0.3 is 19.7 Å². The molecule has 0 amide bonds. The number of aryl methyl sites for hydroxylation is 2. The van der Waals surface area contributed by atoms with Gasteiger partial charge in [0, 0.05) is 23.3 Å². The number of carboxylic acid groups (broad SMARTS) is 1. The van der Waals surface area contributed by atoms with Crippen molar-refractivity contribution in [3.8, 4) is 11.3 Å². The average Bonchev–Trinajstić information content (AvgIpc) is 2.92. The molecule has 2 aromatic heterocycles. The number of rotatable bonds is 4. The lowest BCUT2D eigenvalue weighted by Gasteiger charge is -2.10. The molecule has 3 aromatic rings. The number of hydrogen-bond acceptors (Lipinski definition) is 4. The Labute approximate surface area is 139 Å². The summed E-state index contributed by atoms with van der Waals surface area (Å²) in [5, 5.41) is 28.7. The third-order valence-electron chi connectivity index (χ3n) is 4.03. The predicted molar refractivity (Wildman–Crippen MR) is 92.4 cm³/mol. The maximum Gasteiger partial charge on any atom is 0.488 e. The van der Waals surface area contributed by atoms with Crippen LogP contribution < -0.4 is 5.46 Å². The lowest BCUT2D eigenvalue weighted by molar-refractivity contribution is 0.0692. The minimum Gasteiger partial charge on any atom is -0.476 e. The van der Waals surface area contributed by atoms with Crippen LogP contribution in [-0.2, 0) is 6.54 Å². The van der Waals surface area contributed by atoms with Gasteiger partial charge in [0.05, 0.1) is 5.52 Å². The van der Waals surface area contributed by atoms with Gasteiger partial charge in [0.15, 0.2) is 5.69 Å². The van der Waals surface area contributed by atoms with E-state index in [2.05, 4.69) is 4.98 Å². The molecule has 3 rings (SSSR count). The number of nitrogens with zero attached hydrogens (tertiary/aromatic N) is 2. The Morgan fingerprint density at radius 1 is 1.21 bits per heavy atom. The summed E-state index contributed by atoms with van der Waals surface area (Å²) >= 11 is 0. The lowest BCUT2D eigenvalue weighted by atomic mass is 9.80. The van der Waals surface area contributed by atoms with Gasteiger partial charge in [-0.25, -0.2) is 9.78 Å². The number of aromatic nitrogens is 2. The molecule has 6 nitrogen and oxygen atoms in total. The molecule has 0 aliphatic rings. The molecule has 0 spiro atoms. The number of fused-ring (bicyclic) bond motifs is 1. The summed E-state index contributed by atoms with van der Waals surface area (Å²) in [6.07, 6.45) is 0. The maximum absolute atomic E-state index is 11.6. The Balaban J connectivity index is 2.25. The molecule has 24 heavy (non-hydrogen) atoms. The fraction of sp³-hybridized carbons (Fsp3) is 0.176. The summed E-state index contributed by atoms with van der Waals surface area (Å²) in [4.78, 5) is 15.7. The van der Waals surface area contributed by atoms with Crippen LogP contribution in [0.2, 0.25) is 0 Å². The number of aromatic carboxylic acids is 1. The van der Waals surface area contributed by atoms with Gasteiger partial charge in [-0.1, -0.05) is 24.3 Å². The second-order valence-corrected chi connectivity index (χ2v) is 5.62. The normalized spacial score (nSPS) is 11.0. The highest BCUT2D eigenvalue weighted by Crippen LogP contribution is 2.30. The molecule has 0 saturated heterocycles. The lowest BCUT2D eigenvalue weighted by Crippen LogP contribution is -2.29. The van der Waals surface area contributed by atoms with Crippen LogP contribution in [0, 0.1) is 6.92 Å². The highest BCUT2D eigenvalue weighted by molar-refractivity contribution is 6.58. The zero-order valence-electron chi connectivity index (χ0n) is 13.4. The minimum atomic E-state index is -1.51. The van der Waals surface area contributed by atoms with Crippen molar-refractivity contribution in [1.82, 2.24) is 9.55 Å². The number of pyridine rings is 1. The van der Waals surface area contributed by atoms with E-state index in [1.54, 1.807) is 31.2 Å². The number of carboxylic acids is 1. The molecule has 1 aromatic carbocycles. The third-order valence-corrected chi connectivity index (χ3v) is 4.03. The van der Waals surface area contributed by atoms with Crippen molar-refractivity contribution in [2.75, 3.05) is 0 Å². The molecule has 7 heteroatoms. The first kappa shape index (κ1) is 16.2. The average molecular weight is 324 g/mol. The van der Waals surface area contributed by atoms with Crippen LogP contribution in [0.3, 0.4) is 0 Å². The second kappa shape index (κ2) is 6.11. The molecule has 0 aliphatic heterocycles. The second-order valence-electron chi connectivity index (χ2n) is 5.62. The summed E-state index contributed by atoms with van der Waals surface area (Å²) in [7, 11) is -1.51. The van der Waals surface area contributed by atoms with Gasteiger partial charge in [0.25, 0.3) is 0 Å². The van der Waals surface area contributed by atoms with Crippen LogP contribution in [0.1, 0.15) is 23.1 Å². The van der Waals surface area contributed by atoms with E-state index in [0.717, 1.165) is 16.6 Å². The molecule has 0 atom stereocenters. The first-order valence-corrected chi connectivity index (χ1v) is 7.63. The number of hydrogen-bond donors (Lipinski definition) is 3. The van der Waals surface area contributed by atoms with Crippen LogP contribution in [0.25, 0.3) is 22.2 Å². The molecular weight excluding hydrogens is 307 g/mol. The monoisotopic (exact) mass is 324 g/mol. The quantitative estimate of drug-likeness (QED) is 0.631. The van der Waals surface area contributed by atoms with E-state index in [4.69, 9.17) is 0 Å². The van der Waals surface area contributed by atoms with E-state index in [9.17, 15) is 19.9 Å². The first-order chi connectivity index (χ1) is 11.4. The zero-order valence-corrected chi connectivity index (χ0v) is 13.4. The SMILES string of the molecule is CCn1c(-c2ccc(B(O)O)cc2)cc2cc(C)nc(C(=O)O)c21. The minimum absolute atomic E-state index is 0.0421. The summed E-state index contributed by atoms with van der Waals surface area (Å²) in [6, 6.07) is 10.7. The zero-order chi connectivity index (χ0) is 17.4. The Morgan fingerprint density at radius 3 is 2.42 bits per heavy atom. The maximum atomic E-state index is 11.6. The molecule has 0 radical (unpaired) electrons. The van der Waals surface area contributed by atoms with E-state index in [0.29, 0.717) is 23.2 Å². The molecule has 122 valence electrons. The van der Waals surface area contributed by atoms with Crippen LogP contribution in [-0.4, -0.2) is 37.8 Å². The molecule has 3 N–H and O–H groups in total. The van der Waals surface area contributed by atoms with Gasteiger partial charge >= 0.3 is 13.1 Å². The fourth-order valence-corrected chi connectivity index (χ4v) is 2.97. The number of carbonyl (C=O) groups is 1. The molecule has 2 heterocycles. The highest BCUT2D eigenvalue weighted by Gasteiger charge is 2.19. The van der Waals surface area contributed by atoms with Crippen molar-refractivity contribution in [3.05, 3.63) is 47.8 Å². The van der Waals surface area contributed by atoms with E-state index in [1.165, 1.54) is 0 Å². The van der Waals surface area contributed by atoms with Crippen LogP contribution >= 0.6 is 0 Å². The summed E-state index contributed by atoms with van der Waals surface area (Å²) in [6.45, 7) is 4.31. The molecule has 0 aliphatic carbocycles. The summed E-state index contributed by atoms with van der Waals surface area (Å²) in [5.74, 6) is -1.05. The first-order valence-electron chi connectivity index (χ1n) is 7.63. The molecule has 0 saturated carbocycles. The van der Waals surface area contributed by atoms with Crippen molar-refractivity contribution in [3.63, 3.8) is 0 Å². The molecular formula is C17H17BN2O4. The largest absolute Gasteiger partial charge is 0.488 e.